The second-order valence-corrected chi connectivity index (χ2v) is 9.25. The molecule has 8 nitrogen and oxygen atoms in total. The monoisotopic (exact) mass is 510 g/mol. The molecule has 0 saturated heterocycles. The van der Waals surface area contributed by atoms with E-state index in [1.165, 1.54) is 4.68 Å². The normalized spacial score (nSPS) is 12.3. The maximum Gasteiger partial charge on any atom is 0.282 e. The van der Waals surface area contributed by atoms with Crippen molar-refractivity contribution in [2.75, 3.05) is 26.1 Å². The summed E-state index contributed by atoms with van der Waals surface area (Å²) in [5.41, 5.74) is 2.63. The molecule has 0 aliphatic rings. The van der Waals surface area contributed by atoms with Gasteiger partial charge in [-0.2, -0.15) is 9.78 Å². The van der Waals surface area contributed by atoms with Crippen LogP contribution in [0.25, 0.3) is 33.5 Å². The third-order valence-electron chi connectivity index (χ3n) is 6.44. The van der Waals surface area contributed by atoms with Crippen LogP contribution in [0, 0.1) is 0 Å². The summed E-state index contributed by atoms with van der Waals surface area (Å²) in [5.74, 6) is 2.05. The van der Waals surface area contributed by atoms with Crippen LogP contribution in [0.4, 0.5) is 5.69 Å². The van der Waals surface area contributed by atoms with Gasteiger partial charge in [-0.25, -0.2) is 4.98 Å². The minimum atomic E-state index is -0.302. The van der Waals surface area contributed by atoms with Crippen LogP contribution < -0.4 is 19.9 Å². The number of nitrogens with zero attached hydrogens (tertiary/aromatic N) is 4. The molecular formula is C30H30N4O4. The quantitative estimate of drug-likeness (QED) is 0.240. The van der Waals surface area contributed by atoms with Gasteiger partial charge in [0.1, 0.15) is 17.1 Å². The van der Waals surface area contributed by atoms with Crippen molar-refractivity contribution < 1.29 is 13.9 Å². The Labute approximate surface area is 220 Å². The van der Waals surface area contributed by atoms with Crippen molar-refractivity contribution in [3.63, 3.8) is 0 Å². The van der Waals surface area contributed by atoms with Gasteiger partial charge < -0.3 is 18.8 Å². The van der Waals surface area contributed by atoms with Gasteiger partial charge in [0.15, 0.2) is 5.76 Å². The molecule has 0 unspecified atom stereocenters. The van der Waals surface area contributed by atoms with Gasteiger partial charge in [-0.1, -0.05) is 25.1 Å². The molecular weight excluding hydrogens is 480 g/mol. The van der Waals surface area contributed by atoms with Crippen molar-refractivity contribution in [1.82, 2.24) is 9.66 Å². The Bertz CT molecular complexity index is 1700. The first-order valence-corrected chi connectivity index (χ1v) is 12.5. The lowest BCUT2D eigenvalue weighted by Crippen LogP contribution is -2.20. The summed E-state index contributed by atoms with van der Waals surface area (Å²) in [5, 5.41) is 5.86. The summed E-state index contributed by atoms with van der Waals surface area (Å²) in [7, 11) is 5.56. The third-order valence-corrected chi connectivity index (χ3v) is 6.44. The van der Waals surface area contributed by atoms with Gasteiger partial charge in [-0.15, -0.1) is 0 Å². The second kappa shape index (κ2) is 10.4. The van der Waals surface area contributed by atoms with Crippen molar-refractivity contribution in [2.24, 2.45) is 5.10 Å². The molecule has 8 heteroatoms. The summed E-state index contributed by atoms with van der Waals surface area (Å²) < 4.78 is 19.1. The fraction of sp³-hybridized carbons (Fsp3) is 0.233. The van der Waals surface area contributed by atoms with Gasteiger partial charge in [0, 0.05) is 31.4 Å². The topological polar surface area (TPSA) is 82.1 Å². The average Bonchev–Trinajstić information content (AvgIpc) is 3.37. The van der Waals surface area contributed by atoms with Gasteiger partial charge in [0.25, 0.3) is 5.56 Å². The van der Waals surface area contributed by atoms with Gasteiger partial charge in [0.2, 0.25) is 5.82 Å². The molecule has 38 heavy (non-hydrogen) atoms. The summed E-state index contributed by atoms with van der Waals surface area (Å²) in [6.07, 6.45) is 2.50. The first kappa shape index (κ1) is 25.1. The van der Waals surface area contributed by atoms with Gasteiger partial charge >= 0.3 is 0 Å². The lowest BCUT2D eigenvalue weighted by molar-refractivity contribution is 0.217. The molecule has 2 aromatic heterocycles. The molecule has 0 aliphatic carbocycles. The number of aromatic nitrogens is 2. The number of furan rings is 1. The number of fused-ring (bicyclic) bond motifs is 2. The number of hydrogen-bond donors (Lipinski definition) is 0. The summed E-state index contributed by atoms with van der Waals surface area (Å²) in [6.45, 7) is 4.10. The van der Waals surface area contributed by atoms with E-state index in [1.54, 1.807) is 25.5 Å². The number of anilines is 1. The molecule has 0 aliphatic heterocycles. The Hall–Kier alpha value is -4.59. The largest absolute Gasteiger partial charge is 0.496 e. The van der Waals surface area contributed by atoms with Crippen LogP contribution in [0.15, 0.2) is 81.0 Å². The summed E-state index contributed by atoms with van der Waals surface area (Å²) >= 11 is 0. The van der Waals surface area contributed by atoms with Gasteiger partial charge in [-0.05, 0) is 55.8 Å². The fourth-order valence-electron chi connectivity index (χ4n) is 4.14. The van der Waals surface area contributed by atoms with Crippen LogP contribution in [-0.2, 0) is 0 Å². The van der Waals surface area contributed by atoms with Gasteiger partial charge in [-0.3, -0.25) is 4.79 Å². The van der Waals surface area contributed by atoms with E-state index in [4.69, 9.17) is 18.9 Å². The second-order valence-electron chi connectivity index (χ2n) is 9.25. The molecule has 5 aromatic rings. The van der Waals surface area contributed by atoms with Crippen molar-refractivity contribution in [2.45, 2.75) is 26.4 Å². The minimum absolute atomic E-state index is 0.0192. The lowest BCUT2D eigenvalue weighted by atomic mass is 10.2. The van der Waals surface area contributed by atoms with E-state index in [-0.39, 0.29) is 17.5 Å². The summed E-state index contributed by atoms with van der Waals surface area (Å²) in [6, 6.07) is 20.5. The maximum absolute atomic E-state index is 13.6. The van der Waals surface area contributed by atoms with E-state index < -0.39 is 0 Å². The van der Waals surface area contributed by atoms with Gasteiger partial charge in [0.05, 0.1) is 35.7 Å². The fourth-order valence-corrected chi connectivity index (χ4v) is 4.14. The smallest absolute Gasteiger partial charge is 0.282 e. The third kappa shape index (κ3) is 4.72. The van der Waals surface area contributed by atoms with E-state index in [9.17, 15) is 4.79 Å². The Morgan fingerprint density at radius 1 is 1.05 bits per heavy atom. The molecule has 1 atom stereocenters. The Morgan fingerprint density at radius 3 is 2.63 bits per heavy atom. The molecule has 0 N–H and O–H groups in total. The van der Waals surface area contributed by atoms with Crippen LogP contribution in [0.3, 0.4) is 0 Å². The number of methoxy groups -OCH3 is 1. The first-order valence-electron chi connectivity index (χ1n) is 12.5. The molecule has 0 radical (unpaired) electrons. The zero-order valence-corrected chi connectivity index (χ0v) is 22.1. The highest BCUT2D eigenvalue weighted by Gasteiger charge is 2.18. The van der Waals surface area contributed by atoms with E-state index >= 15 is 0 Å². The van der Waals surface area contributed by atoms with E-state index in [1.807, 2.05) is 80.5 Å². The van der Waals surface area contributed by atoms with Crippen molar-refractivity contribution >= 4 is 33.8 Å². The molecule has 2 heterocycles. The van der Waals surface area contributed by atoms with E-state index in [0.29, 0.717) is 33.7 Å². The summed E-state index contributed by atoms with van der Waals surface area (Å²) in [4.78, 5) is 20.4. The molecule has 194 valence electrons. The standard InChI is InChI=1S/C30H30N4O4/c1-6-19(2)37-27-16-21(33(3)4)15-14-20(27)18-31-34-29(32-24-11-8-7-10-22(24)30(34)35)28-17-23-25(36-5)12-9-13-26(23)38-28/h7-19H,6H2,1-5H3/t19-/m0/s1. The van der Waals surface area contributed by atoms with Crippen LogP contribution in [0.5, 0.6) is 11.5 Å². The zero-order valence-electron chi connectivity index (χ0n) is 22.1. The Morgan fingerprint density at radius 2 is 1.87 bits per heavy atom. The van der Waals surface area contributed by atoms with Crippen LogP contribution in [-0.4, -0.2) is 43.2 Å². The Kier molecular flexibility index (Phi) is 6.87. The molecule has 5 rings (SSSR count). The predicted molar refractivity (Wildman–Crippen MR) is 152 cm³/mol. The van der Waals surface area contributed by atoms with Crippen molar-refractivity contribution in [3.8, 4) is 23.1 Å². The molecule has 0 spiro atoms. The molecule has 0 saturated carbocycles. The highest BCUT2D eigenvalue weighted by atomic mass is 16.5. The first-order chi connectivity index (χ1) is 18.4. The highest BCUT2D eigenvalue weighted by molar-refractivity contribution is 5.89. The molecule has 3 aromatic carbocycles. The SMILES string of the molecule is CC[C@H](C)Oc1cc(N(C)C)ccc1C=Nn1c(-c2cc3c(OC)cccc3o2)nc2ccccc2c1=O. The number of ether oxygens (including phenoxy) is 2. The number of para-hydroxylation sites is 1. The van der Waals surface area contributed by atoms with Crippen molar-refractivity contribution in [3.05, 3.63) is 82.6 Å². The molecule has 0 fully saturated rings. The predicted octanol–water partition coefficient (Wildman–Crippen LogP) is 5.94. The van der Waals surface area contributed by atoms with Crippen LogP contribution in [0.2, 0.25) is 0 Å². The molecule has 0 amide bonds. The highest BCUT2D eigenvalue weighted by Crippen LogP contribution is 2.33. The van der Waals surface area contributed by atoms with E-state index in [0.717, 1.165) is 23.1 Å². The maximum atomic E-state index is 13.6. The Balaban J connectivity index is 1.68. The average molecular weight is 511 g/mol. The van der Waals surface area contributed by atoms with E-state index in [2.05, 4.69) is 12.0 Å². The molecule has 0 bridgehead atoms. The van der Waals surface area contributed by atoms with Crippen LogP contribution >= 0.6 is 0 Å². The lowest BCUT2D eigenvalue weighted by Gasteiger charge is -2.18. The minimum Gasteiger partial charge on any atom is -0.496 e. The number of hydrogen-bond acceptors (Lipinski definition) is 7. The van der Waals surface area contributed by atoms with Crippen molar-refractivity contribution in [1.29, 1.82) is 0 Å². The number of benzene rings is 3. The van der Waals surface area contributed by atoms with Crippen LogP contribution in [0.1, 0.15) is 25.8 Å². The number of rotatable bonds is 8. The zero-order chi connectivity index (χ0) is 26.8.